The van der Waals surface area contributed by atoms with Crippen LogP contribution in [-0.2, 0) is 9.53 Å². The van der Waals surface area contributed by atoms with E-state index in [-0.39, 0.29) is 12.8 Å². The highest BCUT2D eigenvalue weighted by Crippen LogP contribution is 2.43. The molecule has 2 N–H and O–H groups in total. The minimum absolute atomic E-state index is 0.106. The lowest BCUT2D eigenvalue weighted by atomic mass is 9.86. The second-order valence-corrected chi connectivity index (χ2v) is 8.93. The molecule has 2 unspecified atom stereocenters. The fourth-order valence-electron chi connectivity index (χ4n) is 4.13. The summed E-state index contributed by atoms with van der Waals surface area (Å²) in [6, 6.07) is 17.7. The van der Waals surface area contributed by atoms with Gasteiger partial charge in [-0.2, -0.15) is 0 Å². The first kappa shape index (κ1) is 24.4. The highest BCUT2D eigenvalue weighted by Gasteiger charge is 2.50. The maximum atomic E-state index is 12.6. The Bertz CT molecular complexity index is 879. The maximum Gasteiger partial charge on any atom is 0.338 e. The molecule has 0 radical (unpaired) electrons. The first-order valence-corrected chi connectivity index (χ1v) is 11.4. The fraction of sp³-hybridized carbons (Fsp3) is 0.417. The van der Waals surface area contributed by atoms with Gasteiger partial charge in [0.25, 0.3) is 0 Å². The van der Waals surface area contributed by atoms with Crippen molar-refractivity contribution in [3.63, 3.8) is 0 Å². The average Bonchev–Trinajstić information content (AvgIpc) is 3.08. The monoisotopic (exact) mass is 480 g/mol. The number of aliphatic hydroxyl groups is 1. The van der Waals surface area contributed by atoms with Crippen molar-refractivity contribution >= 4 is 35.1 Å². The Kier molecular flexibility index (Phi) is 8.79. The highest BCUT2D eigenvalue weighted by molar-refractivity contribution is 6.30. The number of halogens is 2. The Morgan fingerprint density at radius 2 is 1.66 bits per heavy atom. The number of ether oxygens (including phenoxy) is 2. The third-order valence-electron chi connectivity index (χ3n) is 5.69. The molecule has 3 rings (SSSR count). The number of aliphatic hydroxyl groups excluding tert-OH is 1. The van der Waals surface area contributed by atoms with Crippen molar-refractivity contribution in [1.82, 2.24) is 0 Å². The van der Waals surface area contributed by atoms with Gasteiger partial charge in [-0.05, 0) is 30.7 Å². The van der Waals surface area contributed by atoms with E-state index in [1.807, 2.05) is 30.3 Å². The second-order valence-electron chi connectivity index (χ2n) is 7.86. The van der Waals surface area contributed by atoms with Crippen LogP contribution in [0.2, 0.25) is 0 Å². The van der Waals surface area contributed by atoms with Gasteiger partial charge in [0.2, 0.25) is 0 Å². The van der Waals surface area contributed by atoms with E-state index in [2.05, 4.69) is 0 Å². The summed E-state index contributed by atoms with van der Waals surface area (Å²) in [6.07, 6.45) is -1.50. The number of benzene rings is 2. The molecule has 1 aliphatic carbocycles. The number of rotatable bonds is 10. The first-order chi connectivity index (χ1) is 15.4. The number of carboxylic acids is 1. The number of alkyl halides is 2. The molecule has 0 heterocycles. The summed E-state index contributed by atoms with van der Waals surface area (Å²) in [4.78, 5) is 24.0. The van der Waals surface area contributed by atoms with Crippen molar-refractivity contribution in [1.29, 1.82) is 0 Å². The van der Waals surface area contributed by atoms with E-state index in [9.17, 15) is 19.8 Å². The minimum atomic E-state index is -1.06. The zero-order valence-electron chi connectivity index (χ0n) is 17.3. The van der Waals surface area contributed by atoms with Gasteiger partial charge in [0.05, 0.1) is 35.4 Å². The van der Waals surface area contributed by atoms with E-state index < -0.39 is 46.7 Å². The van der Waals surface area contributed by atoms with Crippen LogP contribution in [0.15, 0.2) is 60.7 Å². The van der Waals surface area contributed by atoms with E-state index >= 15 is 0 Å². The van der Waals surface area contributed by atoms with Crippen LogP contribution in [-0.4, -0.2) is 51.7 Å². The van der Waals surface area contributed by atoms with Gasteiger partial charge in [0.15, 0.2) is 0 Å². The van der Waals surface area contributed by atoms with Gasteiger partial charge < -0.3 is 19.7 Å². The van der Waals surface area contributed by atoms with Crippen molar-refractivity contribution in [3.8, 4) is 5.75 Å². The van der Waals surface area contributed by atoms with Crippen molar-refractivity contribution < 1.29 is 29.3 Å². The number of carboxylic acid groups (broad SMARTS) is 1. The van der Waals surface area contributed by atoms with Gasteiger partial charge >= 0.3 is 11.9 Å². The number of carbonyl (C=O) groups excluding carboxylic acids is 1. The van der Waals surface area contributed by atoms with Gasteiger partial charge in [0.1, 0.15) is 11.9 Å². The van der Waals surface area contributed by atoms with Crippen LogP contribution >= 0.6 is 23.2 Å². The zero-order valence-corrected chi connectivity index (χ0v) is 18.9. The number of hydrogen-bond donors (Lipinski definition) is 2. The molecule has 0 aromatic heterocycles. The molecule has 0 aliphatic heterocycles. The topological polar surface area (TPSA) is 93.1 Å². The van der Waals surface area contributed by atoms with Gasteiger partial charge in [0, 0.05) is 18.3 Å². The largest absolute Gasteiger partial charge is 0.494 e. The summed E-state index contributed by atoms with van der Waals surface area (Å²) < 4.78 is 11.4. The summed E-state index contributed by atoms with van der Waals surface area (Å²) >= 11 is 13.3. The lowest BCUT2D eigenvalue weighted by Crippen LogP contribution is -2.38. The van der Waals surface area contributed by atoms with Gasteiger partial charge in [-0.1, -0.05) is 36.4 Å². The quantitative estimate of drug-likeness (QED) is 0.387. The molecule has 2 aromatic rings. The van der Waals surface area contributed by atoms with Crippen LogP contribution < -0.4 is 4.74 Å². The number of para-hydroxylation sites is 1. The average molecular weight is 481 g/mol. The van der Waals surface area contributed by atoms with Crippen molar-refractivity contribution in [2.24, 2.45) is 11.8 Å². The van der Waals surface area contributed by atoms with Crippen LogP contribution in [0.25, 0.3) is 0 Å². The molecule has 0 bridgehead atoms. The third-order valence-corrected chi connectivity index (χ3v) is 6.90. The Morgan fingerprint density at radius 3 is 2.28 bits per heavy atom. The summed E-state index contributed by atoms with van der Waals surface area (Å²) in [5, 5.41) is 18.6. The van der Waals surface area contributed by atoms with E-state index in [0.717, 1.165) is 0 Å². The lowest BCUT2D eigenvalue weighted by molar-refractivity contribution is -0.139. The Labute approximate surface area is 197 Å². The van der Waals surface area contributed by atoms with E-state index in [0.29, 0.717) is 24.3 Å². The molecular weight excluding hydrogens is 455 g/mol. The van der Waals surface area contributed by atoms with Crippen molar-refractivity contribution in [2.45, 2.75) is 42.2 Å². The predicted octanol–water partition coefficient (Wildman–Crippen LogP) is 4.37. The molecular formula is C24H26Cl2O6. The number of esters is 1. The minimum Gasteiger partial charge on any atom is -0.494 e. The SMILES string of the molecule is O=C(O)C[C@@H]1[C@H](C(Cl)C(Cl)CCOc2ccccc2)[C@H](OC(=O)c2ccccc2)C[C@@H]1O. The summed E-state index contributed by atoms with van der Waals surface area (Å²) in [5.74, 6) is -2.20. The molecule has 172 valence electrons. The molecule has 8 heteroatoms. The van der Waals surface area contributed by atoms with Crippen LogP contribution in [0.1, 0.15) is 29.6 Å². The normalized spacial score (nSPS) is 24.5. The smallest absolute Gasteiger partial charge is 0.338 e. The molecule has 1 fully saturated rings. The summed E-state index contributed by atoms with van der Waals surface area (Å²) in [5.41, 5.74) is 0.368. The van der Waals surface area contributed by atoms with Crippen LogP contribution in [0.3, 0.4) is 0 Å². The van der Waals surface area contributed by atoms with Crippen molar-refractivity contribution in [3.05, 3.63) is 66.2 Å². The van der Waals surface area contributed by atoms with Gasteiger partial charge in [-0.15, -0.1) is 23.2 Å². The molecule has 2 aromatic carbocycles. The molecule has 0 amide bonds. The molecule has 1 saturated carbocycles. The maximum absolute atomic E-state index is 12.6. The van der Waals surface area contributed by atoms with E-state index in [1.54, 1.807) is 30.3 Å². The number of carbonyl (C=O) groups is 2. The fourth-order valence-corrected chi connectivity index (χ4v) is 4.86. The van der Waals surface area contributed by atoms with Gasteiger partial charge in [-0.3, -0.25) is 4.79 Å². The van der Waals surface area contributed by atoms with Crippen LogP contribution in [0.4, 0.5) is 0 Å². The van der Waals surface area contributed by atoms with Crippen LogP contribution in [0.5, 0.6) is 5.75 Å². The van der Waals surface area contributed by atoms with Gasteiger partial charge in [-0.25, -0.2) is 4.79 Å². The number of hydrogen-bond acceptors (Lipinski definition) is 5. The lowest BCUT2D eigenvalue weighted by Gasteiger charge is -2.31. The Hall–Kier alpha value is -2.28. The molecule has 6 atom stereocenters. The predicted molar refractivity (Wildman–Crippen MR) is 121 cm³/mol. The molecule has 32 heavy (non-hydrogen) atoms. The molecule has 6 nitrogen and oxygen atoms in total. The second kappa shape index (κ2) is 11.5. The van der Waals surface area contributed by atoms with Crippen LogP contribution in [0, 0.1) is 11.8 Å². The molecule has 1 aliphatic rings. The Balaban J connectivity index is 1.69. The third kappa shape index (κ3) is 6.37. The first-order valence-electron chi connectivity index (χ1n) is 10.5. The van der Waals surface area contributed by atoms with Crippen molar-refractivity contribution in [2.75, 3.05) is 6.61 Å². The Morgan fingerprint density at radius 1 is 1.03 bits per heavy atom. The summed E-state index contributed by atoms with van der Waals surface area (Å²) in [7, 11) is 0. The van der Waals surface area contributed by atoms with E-state index in [4.69, 9.17) is 32.7 Å². The zero-order chi connectivity index (χ0) is 23.1. The van der Waals surface area contributed by atoms with E-state index in [1.165, 1.54) is 0 Å². The standard InChI is InChI=1S/C24H26Cl2O6/c25-18(11-12-31-16-9-5-2-6-10-16)23(26)22-17(13-21(28)29)19(27)14-20(22)32-24(30)15-7-3-1-4-8-15/h1-10,17-20,22-23,27H,11-14H2,(H,28,29)/t17-,18?,19-,20+,22-,23?/m0/s1. The highest BCUT2D eigenvalue weighted by atomic mass is 35.5. The number of aliphatic carboxylic acids is 1. The molecule has 0 saturated heterocycles. The summed E-state index contributed by atoms with van der Waals surface area (Å²) in [6.45, 7) is 0.314. The molecule has 0 spiro atoms.